The van der Waals surface area contributed by atoms with Gasteiger partial charge >= 0.3 is 6.03 Å². The SMILES string of the molecule is COc1ccc(C(C)=O)cc1CN1C(=O)N[C@](C)(CCc2ccccc2)C1=O. The van der Waals surface area contributed by atoms with Crippen LogP contribution in [0, 0.1) is 0 Å². The van der Waals surface area contributed by atoms with E-state index in [1.54, 1.807) is 25.1 Å². The Morgan fingerprint density at radius 2 is 1.86 bits per heavy atom. The van der Waals surface area contributed by atoms with E-state index in [0.717, 1.165) is 5.56 Å². The zero-order valence-corrected chi connectivity index (χ0v) is 16.3. The molecule has 0 bridgehead atoms. The molecule has 6 nitrogen and oxygen atoms in total. The summed E-state index contributed by atoms with van der Waals surface area (Å²) in [6.45, 7) is 3.27. The number of methoxy groups -OCH3 is 1. The molecule has 146 valence electrons. The zero-order chi connectivity index (χ0) is 20.3. The molecule has 1 aliphatic rings. The van der Waals surface area contributed by atoms with Crippen LogP contribution in [0.3, 0.4) is 0 Å². The lowest BCUT2D eigenvalue weighted by Gasteiger charge is -2.22. The van der Waals surface area contributed by atoms with Crippen LogP contribution >= 0.6 is 0 Å². The minimum absolute atomic E-state index is 0.0515. The monoisotopic (exact) mass is 380 g/mol. The van der Waals surface area contributed by atoms with Crippen molar-refractivity contribution in [3.05, 3.63) is 65.2 Å². The van der Waals surface area contributed by atoms with Crippen molar-refractivity contribution in [1.29, 1.82) is 0 Å². The first-order valence-corrected chi connectivity index (χ1v) is 9.20. The van der Waals surface area contributed by atoms with Crippen molar-refractivity contribution in [3.63, 3.8) is 0 Å². The number of hydrogen-bond acceptors (Lipinski definition) is 4. The van der Waals surface area contributed by atoms with Crippen molar-refractivity contribution < 1.29 is 19.1 Å². The number of urea groups is 1. The van der Waals surface area contributed by atoms with Crippen molar-refractivity contribution in [1.82, 2.24) is 10.2 Å². The molecule has 2 aromatic carbocycles. The van der Waals surface area contributed by atoms with Crippen molar-refractivity contribution in [3.8, 4) is 5.75 Å². The summed E-state index contributed by atoms with van der Waals surface area (Å²) >= 11 is 0. The van der Waals surface area contributed by atoms with Crippen LogP contribution in [0.5, 0.6) is 5.75 Å². The fourth-order valence-electron chi connectivity index (χ4n) is 3.39. The Hall–Kier alpha value is -3.15. The van der Waals surface area contributed by atoms with E-state index in [2.05, 4.69) is 5.32 Å². The lowest BCUT2D eigenvalue weighted by molar-refractivity contribution is -0.131. The van der Waals surface area contributed by atoms with Gasteiger partial charge in [0.15, 0.2) is 5.78 Å². The fourth-order valence-corrected chi connectivity index (χ4v) is 3.39. The van der Waals surface area contributed by atoms with E-state index in [9.17, 15) is 14.4 Å². The molecule has 0 unspecified atom stereocenters. The predicted molar refractivity (Wildman–Crippen MR) is 105 cm³/mol. The second-order valence-corrected chi connectivity index (χ2v) is 7.22. The number of carbonyl (C=O) groups excluding carboxylic acids is 3. The van der Waals surface area contributed by atoms with Gasteiger partial charge in [-0.2, -0.15) is 0 Å². The Balaban J connectivity index is 1.78. The topological polar surface area (TPSA) is 75.7 Å². The summed E-state index contributed by atoms with van der Waals surface area (Å²) < 4.78 is 5.34. The van der Waals surface area contributed by atoms with Crippen LogP contribution in [0.2, 0.25) is 0 Å². The molecule has 1 saturated heterocycles. The zero-order valence-electron chi connectivity index (χ0n) is 16.3. The molecule has 3 rings (SSSR count). The Kier molecular flexibility index (Phi) is 5.49. The Morgan fingerprint density at radius 3 is 2.50 bits per heavy atom. The third-order valence-electron chi connectivity index (χ3n) is 5.12. The van der Waals surface area contributed by atoms with Gasteiger partial charge in [-0.05, 0) is 50.5 Å². The molecule has 1 heterocycles. The smallest absolute Gasteiger partial charge is 0.325 e. The van der Waals surface area contributed by atoms with Gasteiger partial charge in [0.1, 0.15) is 11.3 Å². The second kappa shape index (κ2) is 7.84. The molecule has 0 saturated carbocycles. The number of ether oxygens (including phenoxy) is 1. The summed E-state index contributed by atoms with van der Waals surface area (Å²) in [6, 6.07) is 14.4. The summed E-state index contributed by atoms with van der Waals surface area (Å²) in [5.74, 6) is 0.168. The number of rotatable bonds is 7. The average molecular weight is 380 g/mol. The van der Waals surface area contributed by atoms with Crippen LogP contribution in [0.15, 0.2) is 48.5 Å². The van der Waals surface area contributed by atoms with Crippen LogP contribution in [0.25, 0.3) is 0 Å². The lowest BCUT2D eigenvalue weighted by Crippen LogP contribution is -2.44. The van der Waals surface area contributed by atoms with Crippen molar-refractivity contribution >= 4 is 17.7 Å². The molecule has 1 fully saturated rings. The van der Waals surface area contributed by atoms with Gasteiger partial charge in [0, 0.05) is 11.1 Å². The van der Waals surface area contributed by atoms with Gasteiger partial charge in [-0.1, -0.05) is 30.3 Å². The van der Waals surface area contributed by atoms with E-state index in [1.807, 2.05) is 30.3 Å². The molecule has 1 N–H and O–H groups in total. The van der Waals surface area contributed by atoms with Gasteiger partial charge in [-0.3, -0.25) is 14.5 Å². The molecule has 0 aliphatic carbocycles. The number of aryl methyl sites for hydroxylation is 1. The van der Waals surface area contributed by atoms with Gasteiger partial charge in [0.25, 0.3) is 5.91 Å². The number of ketones is 1. The van der Waals surface area contributed by atoms with E-state index >= 15 is 0 Å². The maximum atomic E-state index is 13.0. The highest BCUT2D eigenvalue weighted by atomic mass is 16.5. The highest BCUT2D eigenvalue weighted by Gasteiger charge is 2.47. The molecule has 0 radical (unpaired) electrons. The second-order valence-electron chi connectivity index (χ2n) is 7.22. The van der Waals surface area contributed by atoms with Crippen LogP contribution in [0.4, 0.5) is 4.79 Å². The number of Topliss-reactive ketones (excluding diaryl/α,β-unsaturated/α-hetero) is 1. The molecule has 0 aromatic heterocycles. The number of carbonyl (C=O) groups is 3. The van der Waals surface area contributed by atoms with Gasteiger partial charge in [0.05, 0.1) is 13.7 Å². The average Bonchev–Trinajstić information content (AvgIpc) is 2.90. The summed E-state index contributed by atoms with van der Waals surface area (Å²) in [4.78, 5) is 38.4. The Bertz CT molecular complexity index is 910. The molecule has 1 aliphatic heterocycles. The fraction of sp³-hybridized carbons (Fsp3) is 0.318. The largest absolute Gasteiger partial charge is 0.496 e. The van der Waals surface area contributed by atoms with E-state index in [1.165, 1.54) is 18.9 Å². The predicted octanol–water partition coefficient (Wildman–Crippen LogP) is 3.34. The highest BCUT2D eigenvalue weighted by molar-refractivity contribution is 6.06. The number of amides is 3. The number of nitrogens with zero attached hydrogens (tertiary/aromatic N) is 1. The van der Waals surface area contributed by atoms with E-state index in [4.69, 9.17) is 4.74 Å². The molecule has 6 heteroatoms. The lowest BCUT2D eigenvalue weighted by atomic mass is 9.93. The third-order valence-corrected chi connectivity index (χ3v) is 5.12. The van der Waals surface area contributed by atoms with E-state index in [-0.39, 0.29) is 18.2 Å². The maximum Gasteiger partial charge on any atom is 0.325 e. The molecule has 3 amide bonds. The maximum absolute atomic E-state index is 13.0. The molecule has 2 aromatic rings. The third kappa shape index (κ3) is 3.91. The summed E-state index contributed by atoms with van der Waals surface area (Å²) in [5, 5.41) is 2.83. The van der Waals surface area contributed by atoms with Crippen LogP contribution < -0.4 is 10.1 Å². The Labute approximate surface area is 164 Å². The highest BCUT2D eigenvalue weighted by Crippen LogP contribution is 2.28. The Morgan fingerprint density at radius 1 is 1.14 bits per heavy atom. The van der Waals surface area contributed by atoms with Crippen molar-refractivity contribution in [2.75, 3.05) is 7.11 Å². The minimum atomic E-state index is -0.960. The normalized spacial score (nSPS) is 18.9. The van der Waals surface area contributed by atoms with Gasteiger partial charge < -0.3 is 10.1 Å². The van der Waals surface area contributed by atoms with Gasteiger partial charge in [0.2, 0.25) is 0 Å². The van der Waals surface area contributed by atoms with E-state index in [0.29, 0.717) is 29.7 Å². The van der Waals surface area contributed by atoms with E-state index < -0.39 is 11.6 Å². The molecular weight excluding hydrogens is 356 g/mol. The quantitative estimate of drug-likeness (QED) is 0.590. The first-order chi connectivity index (χ1) is 13.3. The van der Waals surface area contributed by atoms with Crippen molar-refractivity contribution in [2.24, 2.45) is 0 Å². The first-order valence-electron chi connectivity index (χ1n) is 9.20. The number of benzene rings is 2. The number of imide groups is 1. The van der Waals surface area contributed by atoms with Crippen LogP contribution in [-0.4, -0.2) is 35.3 Å². The molecule has 1 atom stereocenters. The minimum Gasteiger partial charge on any atom is -0.496 e. The molecule has 0 spiro atoms. The molecular formula is C22H24N2O4. The number of nitrogens with one attached hydrogen (secondary N) is 1. The van der Waals surface area contributed by atoms with Gasteiger partial charge in [-0.15, -0.1) is 0 Å². The standard InChI is InChI=1S/C22H24N2O4/c1-15(25)17-9-10-19(28-3)18(13-17)14-24-20(26)22(2,23-21(24)27)12-11-16-7-5-4-6-8-16/h4-10,13H,11-12,14H2,1-3H3,(H,23,27)/t22-/m1/s1. The summed E-state index contributed by atoms with van der Waals surface area (Å²) in [5.41, 5.74) is 1.28. The first kappa shape index (κ1) is 19.6. The molecule has 28 heavy (non-hydrogen) atoms. The van der Waals surface area contributed by atoms with Crippen LogP contribution in [0.1, 0.15) is 41.8 Å². The summed E-state index contributed by atoms with van der Waals surface area (Å²) in [7, 11) is 1.52. The number of hydrogen-bond donors (Lipinski definition) is 1. The summed E-state index contributed by atoms with van der Waals surface area (Å²) in [6.07, 6.45) is 1.18. The van der Waals surface area contributed by atoms with Crippen molar-refractivity contribution in [2.45, 2.75) is 38.8 Å². The van der Waals surface area contributed by atoms with Crippen LogP contribution in [-0.2, 0) is 17.8 Å². The van der Waals surface area contributed by atoms with Gasteiger partial charge in [-0.25, -0.2) is 4.79 Å².